The number of amides is 1. The SMILES string of the molecule is NS(=O)(=O)c1ccc(F)c(C(=O)N(Cc2ccncc2)CC2CCCO2)c1. The number of primary sulfonamides is 1. The van der Waals surface area contributed by atoms with Crippen LogP contribution in [-0.4, -0.2) is 43.5 Å². The average Bonchev–Trinajstić information content (AvgIpc) is 3.14. The van der Waals surface area contributed by atoms with Gasteiger partial charge in [0.1, 0.15) is 5.82 Å². The molecule has 1 unspecified atom stereocenters. The molecule has 0 bridgehead atoms. The fourth-order valence-corrected chi connectivity index (χ4v) is 3.52. The summed E-state index contributed by atoms with van der Waals surface area (Å²) in [6, 6.07) is 6.46. The highest BCUT2D eigenvalue weighted by Gasteiger charge is 2.26. The molecule has 1 amide bonds. The third-order valence-corrected chi connectivity index (χ3v) is 5.27. The highest BCUT2D eigenvalue weighted by molar-refractivity contribution is 7.89. The van der Waals surface area contributed by atoms with E-state index in [-0.39, 0.29) is 29.7 Å². The Morgan fingerprint density at radius 2 is 2.04 bits per heavy atom. The minimum atomic E-state index is -4.05. The molecule has 27 heavy (non-hydrogen) atoms. The lowest BCUT2D eigenvalue weighted by atomic mass is 10.1. The van der Waals surface area contributed by atoms with Gasteiger partial charge >= 0.3 is 0 Å². The van der Waals surface area contributed by atoms with Crippen molar-refractivity contribution in [2.24, 2.45) is 5.14 Å². The summed E-state index contributed by atoms with van der Waals surface area (Å²) in [5, 5.41) is 5.11. The first-order valence-electron chi connectivity index (χ1n) is 8.47. The van der Waals surface area contributed by atoms with Crippen LogP contribution >= 0.6 is 0 Å². The molecule has 3 rings (SSSR count). The summed E-state index contributed by atoms with van der Waals surface area (Å²) in [5.74, 6) is -1.43. The van der Waals surface area contributed by atoms with Gasteiger partial charge in [0, 0.05) is 32.1 Å². The van der Waals surface area contributed by atoms with Crippen molar-refractivity contribution in [1.82, 2.24) is 9.88 Å². The Hall–Kier alpha value is -2.36. The van der Waals surface area contributed by atoms with Crippen LogP contribution in [0.15, 0.2) is 47.6 Å². The summed E-state index contributed by atoms with van der Waals surface area (Å²) < 4.78 is 43.0. The summed E-state index contributed by atoms with van der Waals surface area (Å²) in [6.07, 6.45) is 4.77. The van der Waals surface area contributed by atoms with Crippen molar-refractivity contribution in [2.75, 3.05) is 13.2 Å². The van der Waals surface area contributed by atoms with Gasteiger partial charge < -0.3 is 9.64 Å². The van der Waals surface area contributed by atoms with Gasteiger partial charge in [0.05, 0.1) is 16.6 Å². The summed E-state index contributed by atoms with van der Waals surface area (Å²) >= 11 is 0. The van der Waals surface area contributed by atoms with Gasteiger partial charge in [-0.15, -0.1) is 0 Å². The summed E-state index contributed by atoms with van der Waals surface area (Å²) in [5.41, 5.74) is 0.480. The highest BCUT2D eigenvalue weighted by Crippen LogP contribution is 2.20. The van der Waals surface area contributed by atoms with Crippen LogP contribution in [0, 0.1) is 5.82 Å². The minimum absolute atomic E-state index is 0.139. The molecule has 2 N–H and O–H groups in total. The number of nitrogens with two attached hydrogens (primary N) is 1. The molecule has 2 aromatic rings. The molecule has 0 spiro atoms. The zero-order valence-electron chi connectivity index (χ0n) is 14.5. The van der Waals surface area contributed by atoms with Crippen LogP contribution < -0.4 is 5.14 Å². The number of carbonyl (C=O) groups is 1. The van der Waals surface area contributed by atoms with Crippen LogP contribution in [0.3, 0.4) is 0 Å². The smallest absolute Gasteiger partial charge is 0.257 e. The monoisotopic (exact) mass is 393 g/mol. The third-order valence-electron chi connectivity index (χ3n) is 4.35. The van der Waals surface area contributed by atoms with Gasteiger partial charge in [0.2, 0.25) is 10.0 Å². The van der Waals surface area contributed by atoms with Crippen molar-refractivity contribution >= 4 is 15.9 Å². The van der Waals surface area contributed by atoms with E-state index in [0.29, 0.717) is 6.61 Å². The Bertz CT molecular complexity index is 915. The molecule has 1 aromatic carbocycles. The average molecular weight is 393 g/mol. The van der Waals surface area contributed by atoms with Crippen LogP contribution in [0.2, 0.25) is 0 Å². The van der Waals surface area contributed by atoms with E-state index in [2.05, 4.69) is 4.98 Å². The standard InChI is InChI=1S/C18H20FN3O4S/c19-17-4-3-15(27(20,24)25)10-16(17)18(23)22(12-14-2-1-9-26-14)11-13-5-7-21-8-6-13/h3-8,10,14H,1-2,9,11-12H2,(H2,20,24,25). The first kappa shape index (κ1) is 19.4. The molecule has 0 radical (unpaired) electrons. The van der Waals surface area contributed by atoms with Crippen LogP contribution in [-0.2, 0) is 21.3 Å². The second-order valence-corrected chi connectivity index (χ2v) is 7.92. The largest absolute Gasteiger partial charge is 0.376 e. The molecule has 1 aliphatic rings. The predicted octanol–water partition coefficient (Wildman–Crippen LogP) is 1.69. The van der Waals surface area contributed by atoms with Crippen molar-refractivity contribution < 1.29 is 22.3 Å². The van der Waals surface area contributed by atoms with Gasteiger partial charge in [0.15, 0.2) is 0 Å². The quantitative estimate of drug-likeness (QED) is 0.805. The number of nitrogens with zero attached hydrogens (tertiary/aromatic N) is 2. The van der Waals surface area contributed by atoms with E-state index in [4.69, 9.17) is 9.88 Å². The fraction of sp³-hybridized carbons (Fsp3) is 0.333. The van der Waals surface area contributed by atoms with Gasteiger partial charge in [-0.3, -0.25) is 9.78 Å². The van der Waals surface area contributed by atoms with Crippen LogP contribution in [0.5, 0.6) is 0 Å². The molecule has 1 aromatic heterocycles. The zero-order valence-corrected chi connectivity index (χ0v) is 15.4. The molecular formula is C18H20FN3O4S. The second-order valence-electron chi connectivity index (χ2n) is 6.36. The molecule has 144 valence electrons. The van der Waals surface area contributed by atoms with E-state index in [1.54, 1.807) is 24.5 Å². The second kappa shape index (κ2) is 8.12. The van der Waals surface area contributed by atoms with E-state index >= 15 is 0 Å². The van der Waals surface area contributed by atoms with E-state index in [1.165, 1.54) is 4.90 Å². The maximum Gasteiger partial charge on any atom is 0.257 e. The number of hydrogen-bond donors (Lipinski definition) is 1. The molecule has 0 saturated carbocycles. The van der Waals surface area contributed by atoms with E-state index < -0.39 is 21.7 Å². The van der Waals surface area contributed by atoms with Crippen molar-refractivity contribution in [1.29, 1.82) is 0 Å². The number of halogens is 1. The van der Waals surface area contributed by atoms with Crippen molar-refractivity contribution in [3.8, 4) is 0 Å². The zero-order chi connectivity index (χ0) is 19.4. The highest BCUT2D eigenvalue weighted by atomic mass is 32.2. The van der Waals surface area contributed by atoms with Gasteiger partial charge in [0.25, 0.3) is 5.91 Å². The van der Waals surface area contributed by atoms with Crippen molar-refractivity contribution in [3.05, 3.63) is 59.7 Å². The number of ether oxygens (including phenoxy) is 1. The summed E-state index contributed by atoms with van der Waals surface area (Å²) in [7, 11) is -4.05. The number of carbonyl (C=O) groups excluding carboxylic acids is 1. The molecule has 2 heterocycles. The lowest BCUT2D eigenvalue weighted by Crippen LogP contribution is -2.37. The first-order chi connectivity index (χ1) is 12.8. The number of benzene rings is 1. The molecule has 1 fully saturated rings. The normalized spacial score (nSPS) is 17.0. The van der Waals surface area contributed by atoms with Gasteiger partial charge in [-0.2, -0.15) is 0 Å². The predicted molar refractivity (Wildman–Crippen MR) is 95.7 cm³/mol. The number of aromatic nitrogens is 1. The Morgan fingerprint density at radius 1 is 1.30 bits per heavy atom. The van der Waals surface area contributed by atoms with E-state index in [1.807, 2.05) is 0 Å². The number of sulfonamides is 1. The lowest BCUT2D eigenvalue weighted by molar-refractivity contribution is 0.0503. The Balaban J connectivity index is 1.92. The first-order valence-corrected chi connectivity index (χ1v) is 10.0. The maximum absolute atomic E-state index is 14.3. The van der Waals surface area contributed by atoms with Crippen LogP contribution in [0.4, 0.5) is 4.39 Å². The maximum atomic E-state index is 14.3. The molecular weight excluding hydrogens is 373 g/mol. The Labute approximate surface area is 157 Å². The summed E-state index contributed by atoms with van der Waals surface area (Å²) in [6.45, 7) is 1.12. The lowest BCUT2D eigenvalue weighted by Gasteiger charge is -2.26. The summed E-state index contributed by atoms with van der Waals surface area (Å²) in [4.78, 5) is 18.1. The third kappa shape index (κ3) is 4.88. The van der Waals surface area contributed by atoms with Crippen molar-refractivity contribution in [2.45, 2.75) is 30.4 Å². The molecule has 9 heteroatoms. The number of hydrogen-bond acceptors (Lipinski definition) is 5. The Kier molecular flexibility index (Phi) is 5.83. The molecule has 1 atom stereocenters. The molecule has 0 aliphatic carbocycles. The molecule has 1 saturated heterocycles. The molecule has 7 nitrogen and oxygen atoms in total. The molecule has 1 aliphatic heterocycles. The van der Waals surface area contributed by atoms with E-state index in [0.717, 1.165) is 36.6 Å². The number of pyridine rings is 1. The fourth-order valence-electron chi connectivity index (χ4n) is 2.98. The Morgan fingerprint density at radius 3 is 2.67 bits per heavy atom. The van der Waals surface area contributed by atoms with Gasteiger partial charge in [-0.25, -0.2) is 17.9 Å². The van der Waals surface area contributed by atoms with E-state index in [9.17, 15) is 17.6 Å². The minimum Gasteiger partial charge on any atom is -0.376 e. The number of rotatable bonds is 6. The topological polar surface area (TPSA) is 103 Å². The van der Waals surface area contributed by atoms with Gasteiger partial charge in [-0.1, -0.05) is 0 Å². The van der Waals surface area contributed by atoms with Crippen molar-refractivity contribution in [3.63, 3.8) is 0 Å². The van der Waals surface area contributed by atoms with Crippen LogP contribution in [0.1, 0.15) is 28.8 Å². The van der Waals surface area contributed by atoms with Gasteiger partial charge in [-0.05, 0) is 48.7 Å². The van der Waals surface area contributed by atoms with Crippen LogP contribution in [0.25, 0.3) is 0 Å².